The van der Waals surface area contributed by atoms with Crippen LogP contribution in [-0.4, -0.2) is 58.6 Å². The minimum atomic E-state index is -0.139. The molecule has 1 atom stereocenters. The van der Waals surface area contributed by atoms with Crippen molar-refractivity contribution < 1.29 is 9.53 Å². The fraction of sp³-hybridized carbons (Fsp3) is 0.421. The molecule has 2 amide bonds. The molecule has 7 heteroatoms. The van der Waals surface area contributed by atoms with E-state index in [0.29, 0.717) is 11.7 Å². The van der Waals surface area contributed by atoms with E-state index in [1.165, 1.54) is 19.0 Å². The number of rotatable bonds is 4. The summed E-state index contributed by atoms with van der Waals surface area (Å²) in [5.41, 5.74) is 1.30. The lowest BCUT2D eigenvalue weighted by atomic mass is 10.2. The molecule has 0 radical (unpaired) electrons. The molecule has 1 unspecified atom stereocenters. The van der Waals surface area contributed by atoms with Gasteiger partial charge in [-0.15, -0.1) is 0 Å². The number of hydrogen-bond acceptors (Lipinski definition) is 5. The topological polar surface area (TPSA) is 70.6 Å². The zero-order chi connectivity index (χ0) is 18.4. The lowest BCUT2D eigenvalue weighted by Crippen LogP contribution is -2.44. The lowest BCUT2D eigenvalue weighted by molar-refractivity contribution is 0.184. The van der Waals surface area contributed by atoms with Crippen LogP contribution in [0.2, 0.25) is 0 Å². The Hall–Kier alpha value is -2.67. The first-order valence-electron chi connectivity index (χ1n) is 8.85. The highest BCUT2D eigenvalue weighted by atomic mass is 16.5. The molecule has 1 fully saturated rings. The molecule has 1 aromatic carbocycles. The summed E-state index contributed by atoms with van der Waals surface area (Å²) in [6, 6.07) is 12.0. The Labute approximate surface area is 154 Å². The zero-order valence-electron chi connectivity index (χ0n) is 15.3. The molecule has 0 saturated carbocycles. The molecular weight excluding hydrogens is 330 g/mol. The van der Waals surface area contributed by atoms with Crippen molar-refractivity contribution in [2.24, 2.45) is 0 Å². The predicted molar refractivity (Wildman–Crippen MR) is 100 cm³/mol. The van der Waals surface area contributed by atoms with E-state index in [2.05, 4.69) is 51.4 Å². The summed E-state index contributed by atoms with van der Waals surface area (Å²) >= 11 is 0. The van der Waals surface area contributed by atoms with Gasteiger partial charge >= 0.3 is 6.03 Å². The number of nitrogens with zero attached hydrogens (tertiary/aromatic N) is 4. The summed E-state index contributed by atoms with van der Waals surface area (Å²) in [6.45, 7) is 5.54. The fourth-order valence-corrected chi connectivity index (χ4v) is 3.24. The van der Waals surface area contributed by atoms with Crippen LogP contribution in [0.5, 0.6) is 5.88 Å². The molecule has 0 bridgehead atoms. The average Bonchev–Trinajstić information content (AvgIpc) is 2.83. The second-order valence-electron chi connectivity index (χ2n) is 6.49. The Morgan fingerprint density at radius 2 is 2.08 bits per heavy atom. The molecule has 1 aliphatic heterocycles. The number of nitrogens with one attached hydrogen (secondary N) is 1. The third-order valence-electron chi connectivity index (χ3n) is 4.52. The van der Waals surface area contributed by atoms with Crippen LogP contribution in [0.3, 0.4) is 0 Å². The SMILES string of the molecule is COc1cc(NC(=O)N2CCCN(Cc3ccccc3)CC2C)ncn1. The number of carbonyl (C=O) groups excluding carboxylic acids is 1. The van der Waals surface area contributed by atoms with Gasteiger partial charge in [0.05, 0.1) is 7.11 Å². The van der Waals surface area contributed by atoms with Gasteiger partial charge in [0.1, 0.15) is 12.1 Å². The quantitative estimate of drug-likeness (QED) is 0.913. The smallest absolute Gasteiger partial charge is 0.323 e. The highest BCUT2D eigenvalue weighted by molar-refractivity contribution is 5.88. The summed E-state index contributed by atoms with van der Waals surface area (Å²) in [6.07, 6.45) is 2.32. The van der Waals surface area contributed by atoms with Crippen LogP contribution in [0.4, 0.5) is 10.6 Å². The maximum atomic E-state index is 12.7. The fourth-order valence-electron chi connectivity index (χ4n) is 3.24. The van der Waals surface area contributed by atoms with Crippen molar-refractivity contribution in [3.8, 4) is 5.88 Å². The van der Waals surface area contributed by atoms with Crippen LogP contribution in [0.25, 0.3) is 0 Å². The Bertz CT molecular complexity index is 725. The Kier molecular flexibility index (Phi) is 6.01. The number of benzene rings is 1. The van der Waals surface area contributed by atoms with Gasteiger partial charge in [-0.3, -0.25) is 10.2 Å². The minimum absolute atomic E-state index is 0.116. The van der Waals surface area contributed by atoms with Gasteiger partial charge in [0, 0.05) is 38.3 Å². The van der Waals surface area contributed by atoms with Gasteiger partial charge in [-0.1, -0.05) is 30.3 Å². The Balaban J connectivity index is 1.60. The van der Waals surface area contributed by atoms with Crippen molar-refractivity contribution in [3.63, 3.8) is 0 Å². The first kappa shape index (κ1) is 18.1. The van der Waals surface area contributed by atoms with Gasteiger partial charge in [-0.25, -0.2) is 14.8 Å². The maximum Gasteiger partial charge on any atom is 0.323 e. The standard InChI is InChI=1S/C19H25N5O2/c1-15-12-23(13-16-7-4-3-5-8-16)9-6-10-24(15)19(25)22-17-11-18(26-2)21-14-20-17/h3-5,7-8,11,14-15H,6,9-10,12-13H2,1-2H3,(H,20,21,22,25). The summed E-state index contributed by atoms with van der Waals surface area (Å²) < 4.78 is 5.07. The number of amides is 2. The number of carbonyl (C=O) groups is 1. The molecule has 1 aromatic heterocycles. The van der Waals surface area contributed by atoms with Crippen molar-refractivity contribution in [2.75, 3.05) is 32.1 Å². The van der Waals surface area contributed by atoms with E-state index in [1.807, 2.05) is 11.0 Å². The van der Waals surface area contributed by atoms with Crippen LogP contribution in [0.1, 0.15) is 18.9 Å². The first-order chi connectivity index (χ1) is 12.7. The van der Waals surface area contributed by atoms with E-state index in [-0.39, 0.29) is 12.1 Å². The van der Waals surface area contributed by atoms with E-state index in [1.54, 1.807) is 6.07 Å². The molecule has 1 N–H and O–H groups in total. The third kappa shape index (κ3) is 4.70. The molecule has 0 aliphatic carbocycles. The molecule has 0 spiro atoms. The van der Waals surface area contributed by atoms with E-state index in [4.69, 9.17) is 4.74 Å². The van der Waals surface area contributed by atoms with E-state index < -0.39 is 0 Å². The maximum absolute atomic E-state index is 12.7. The van der Waals surface area contributed by atoms with Crippen molar-refractivity contribution in [1.29, 1.82) is 0 Å². The highest BCUT2D eigenvalue weighted by Gasteiger charge is 2.25. The Morgan fingerprint density at radius 1 is 1.27 bits per heavy atom. The minimum Gasteiger partial charge on any atom is -0.481 e. The van der Waals surface area contributed by atoms with Crippen molar-refractivity contribution in [2.45, 2.75) is 25.9 Å². The third-order valence-corrected chi connectivity index (χ3v) is 4.52. The molecule has 26 heavy (non-hydrogen) atoms. The van der Waals surface area contributed by atoms with E-state index in [9.17, 15) is 4.79 Å². The summed E-state index contributed by atoms with van der Waals surface area (Å²) in [4.78, 5) is 25.0. The molecule has 1 saturated heterocycles. The van der Waals surface area contributed by atoms with Gasteiger partial charge in [0.15, 0.2) is 0 Å². The van der Waals surface area contributed by atoms with Gasteiger partial charge in [0.2, 0.25) is 5.88 Å². The van der Waals surface area contributed by atoms with Crippen LogP contribution in [0, 0.1) is 0 Å². The highest BCUT2D eigenvalue weighted by Crippen LogP contribution is 2.16. The second kappa shape index (κ2) is 8.62. The molecule has 7 nitrogen and oxygen atoms in total. The number of hydrogen-bond donors (Lipinski definition) is 1. The summed E-state index contributed by atoms with van der Waals surface area (Å²) in [5.74, 6) is 0.868. The predicted octanol–water partition coefficient (Wildman–Crippen LogP) is 2.61. The van der Waals surface area contributed by atoms with Crippen LogP contribution in [0.15, 0.2) is 42.7 Å². The van der Waals surface area contributed by atoms with Gasteiger partial charge < -0.3 is 9.64 Å². The number of ether oxygens (including phenoxy) is 1. The molecule has 138 valence electrons. The molecular formula is C19H25N5O2. The van der Waals surface area contributed by atoms with Crippen LogP contribution in [-0.2, 0) is 6.54 Å². The lowest BCUT2D eigenvalue weighted by Gasteiger charge is -2.29. The normalized spacial score (nSPS) is 18.2. The molecule has 3 rings (SSSR count). The van der Waals surface area contributed by atoms with E-state index in [0.717, 1.165) is 32.6 Å². The number of anilines is 1. The molecule has 2 heterocycles. The molecule has 2 aromatic rings. The Morgan fingerprint density at radius 3 is 2.85 bits per heavy atom. The summed E-state index contributed by atoms with van der Waals surface area (Å²) in [7, 11) is 1.53. The summed E-state index contributed by atoms with van der Waals surface area (Å²) in [5, 5.41) is 2.85. The number of urea groups is 1. The van der Waals surface area contributed by atoms with Gasteiger partial charge in [-0.2, -0.15) is 0 Å². The van der Waals surface area contributed by atoms with Crippen molar-refractivity contribution in [3.05, 3.63) is 48.3 Å². The van der Waals surface area contributed by atoms with E-state index >= 15 is 0 Å². The van der Waals surface area contributed by atoms with Crippen LogP contribution < -0.4 is 10.1 Å². The first-order valence-corrected chi connectivity index (χ1v) is 8.85. The van der Waals surface area contributed by atoms with Crippen LogP contribution >= 0.6 is 0 Å². The average molecular weight is 355 g/mol. The monoisotopic (exact) mass is 355 g/mol. The number of aromatic nitrogens is 2. The second-order valence-corrected chi connectivity index (χ2v) is 6.49. The van der Waals surface area contributed by atoms with Crippen molar-refractivity contribution >= 4 is 11.8 Å². The van der Waals surface area contributed by atoms with Gasteiger partial charge in [0.25, 0.3) is 0 Å². The zero-order valence-corrected chi connectivity index (χ0v) is 15.3. The molecule has 1 aliphatic rings. The largest absolute Gasteiger partial charge is 0.481 e. The number of methoxy groups -OCH3 is 1. The van der Waals surface area contributed by atoms with Gasteiger partial charge in [-0.05, 0) is 18.9 Å². The van der Waals surface area contributed by atoms with Crippen molar-refractivity contribution in [1.82, 2.24) is 19.8 Å².